The Morgan fingerprint density at radius 2 is 1.73 bits per heavy atom. The van der Waals surface area contributed by atoms with Gasteiger partial charge in [-0.2, -0.15) is 0 Å². The van der Waals surface area contributed by atoms with E-state index >= 15 is 0 Å². The van der Waals surface area contributed by atoms with Crippen LogP contribution in [0.3, 0.4) is 0 Å². The lowest BCUT2D eigenvalue weighted by atomic mass is 9.87. The lowest BCUT2D eigenvalue weighted by Crippen LogP contribution is -2.44. The third-order valence-electron chi connectivity index (χ3n) is 5.46. The zero-order valence-electron chi connectivity index (χ0n) is 17.4. The summed E-state index contributed by atoms with van der Waals surface area (Å²) in [5, 5.41) is 0. The molecule has 2 rings (SSSR count). The highest BCUT2D eigenvalue weighted by Crippen LogP contribution is 2.32. The molecule has 0 amide bonds. The third-order valence-corrected chi connectivity index (χ3v) is 5.46. The van der Waals surface area contributed by atoms with Crippen LogP contribution in [0.15, 0.2) is 18.2 Å². The van der Waals surface area contributed by atoms with E-state index in [1.807, 2.05) is 6.07 Å². The van der Waals surface area contributed by atoms with Crippen LogP contribution in [0.2, 0.25) is 0 Å². The van der Waals surface area contributed by atoms with E-state index in [2.05, 4.69) is 44.9 Å². The normalized spacial score (nSPS) is 21.5. The molecule has 5 heteroatoms. The maximum absolute atomic E-state index is 6.18. The Labute approximate surface area is 158 Å². The van der Waals surface area contributed by atoms with Crippen LogP contribution in [-0.2, 0) is 27.1 Å². The van der Waals surface area contributed by atoms with Gasteiger partial charge in [0, 0.05) is 51.8 Å². The zero-order valence-corrected chi connectivity index (χ0v) is 17.4. The Hall–Kier alpha value is -1.14. The molecule has 5 nitrogen and oxygen atoms in total. The first-order valence-electron chi connectivity index (χ1n) is 9.33. The summed E-state index contributed by atoms with van der Waals surface area (Å²) in [6, 6.07) is 6.25. The van der Waals surface area contributed by atoms with Crippen LogP contribution >= 0.6 is 0 Å². The number of likely N-dealkylation sites (N-methyl/N-ethyl adjacent to an activating group) is 1. The summed E-state index contributed by atoms with van der Waals surface area (Å²) in [4.78, 5) is 2.29. The van der Waals surface area contributed by atoms with Crippen molar-refractivity contribution in [2.45, 2.75) is 57.5 Å². The van der Waals surface area contributed by atoms with Crippen LogP contribution in [0.4, 0.5) is 0 Å². The number of nitrogens with zero attached hydrogens (tertiary/aromatic N) is 1. The van der Waals surface area contributed by atoms with E-state index in [0.717, 1.165) is 25.1 Å². The maximum Gasteiger partial charge on any atom is 0.123 e. The van der Waals surface area contributed by atoms with Gasteiger partial charge in [0.2, 0.25) is 0 Å². The van der Waals surface area contributed by atoms with Gasteiger partial charge in [0.25, 0.3) is 0 Å². The van der Waals surface area contributed by atoms with Crippen molar-refractivity contribution in [2.75, 3.05) is 41.5 Å². The van der Waals surface area contributed by atoms with Gasteiger partial charge in [-0.05, 0) is 39.4 Å². The minimum Gasteiger partial charge on any atom is -0.491 e. The summed E-state index contributed by atoms with van der Waals surface area (Å²) in [5.74, 6) is 0.930. The van der Waals surface area contributed by atoms with Crippen molar-refractivity contribution in [2.24, 2.45) is 0 Å². The molecule has 0 fully saturated rings. The zero-order chi connectivity index (χ0) is 19.3. The van der Waals surface area contributed by atoms with E-state index in [9.17, 15) is 0 Å². The molecule has 0 saturated heterocycles. The van der Waals surface area contributed by atoms with E-state index in [-0.39, 0.29) is 23.9 Å². The molecular formula is C21H35NO4. The molecule has 3 unspecified atom stereocenters. The second-order valence-corrected chi connectivity index (χ2v) is 8.07. The summed E-state index contributed by atoms with van der Waals surface area (Å²) in [6.07, 6.45) is 1.82. The average molecular weight is 366 g/mol. The molecule has 0 aromatic heterocycles. The molecule has 0 bridgehead atoms. The average Bonchev–Trinajstić information content (AvgIpc) is 2.62. The second-order valence-electron chi connectivity index (χ2n) is 8.07. The Morgan fingerprint density at radius 3 is 2.31 bits per heavy atom. The van der Waals surface area contributed by atoms with E-state index in [4.69, 9.17) is 18.9 Å². The Bertz CT molecular complexity index is 570. The van der Waals surface area contributed by atoms with Gasteiger partial charge in [0.15, 0.2) is 0 Å². The standard InChI is InChI=1S/C21H35NO4/c1-21(2,3)22(4)13-16(23-5)14-26-18-10-8-9-15-11-19(24-6)20(25-7)12-17(15)18/h8-10,16,19-20H,11-14H2,1-7H3. The number of hydrogen-bond acceptors (Lipinski definition) is 5. The minimum absolute atomic E-state index is 0.0172. The van der Waals surface area contributed by atoms with Crippen molar-refractivity contribution in [3.05, 3.63) is 29.3 Å². The van der Waals surface area contributed by atoms with Gasteiger partial charge < -0.3 is 18.9 Å². The molecule has 0 N–H and O–H groups in total. The highest BCUT2D eigenvalue weighted by atomic mass is 16.5. The van der Waals surface area contributed by atoms with Crippen LogP contribution in [0.5, 0.6) is 5.75 Å². The molecule has 0 spiro atoms. The Kier molecular flexibility index (Phi) is 7.47. The van der Waals surface area contributed by atoms with E-state index in [1.165, 1.54) is 11.1 Å². The van der Waals surface area contributed by atoms with Crippen molar-refractivity contribution in [1.29, 1.82) is 0 Å². The van der Waals surface area contributed by atoms with Gasteiger partial charge in [-0.1, -0.05) is 12.1 Å². The second kappa shape index (κ2) is 9.18. The molecule has 0 heterocycles. The van der Waals surface area contributed by atoms with Crippen molar-refractivity contribution in [3.63, 3.8) is 0 Å². The number of fused-ring (bicyclic) bond motifs is 1. The topological polar surface area (TPSA) is 40.2 Å². The lowest BCUT2D eigenvalue weighted by Gasteiger charge is -2.35. The van der Waals surface area contributed by atoms with Crippen LogP contribution in [0.25, 0.3) is 0 Å². The SMILES string of the molecule is COC(COc1cccc2c1CC(OC)C(OC)C2)CN(C)C(C)(C)C. The van der Waals surface area contributed by atoms with Crippen molar-refractivity contribution < 1.29 is 18.9 Å². The van der Waals surface area contributed by atoms with Gasteiger partial charge in [0.1, 0.15) is 18.5 Å². The molecular weight excluding hydrogens is 330 g/mol. The van der Waals surface area contributed by atoms with Crippen molar-refractivity contribution in [1.82, 2.24) is 4.90 Å². The van der Waals surface area contributed by atoms with Crippen LogP contribution in [0.1, 0.15) is 31.9 Å². The molecule has 1 aliphatic rings. The molecule has 0 radical (unpaired) electrons. The summed E-state index contributed by atoms with van der Waals surface area (Å²) in [5.41, 5.74) is 2.61. The lowest BCUT2D eigenvalue weighted by molar-refractivity contribution is -0.0404. The highest BCUT2D eigenvalue weighted by Gasteiger charge is 2.30. The molecule has 26 heavy (non-hydrogen) atoms. The summed E-state index contributed by atoms with van der Waals surface area (Å²) in [6.45, 7) is 7.95. The van der Waals surface area contributed by atoms with E-state index in [0.29, 0.717) is 6.61 Å². The summed E-state index contributed by atoms with van der Waals surface area (Å²) >= 11 is 0. The quantitative estimate of drug-likeness (QED) is 0.708. The molecule has 148 valence electrons. The van der Waals surface area contributed by atoms with Gasteiger partial charge in [0.05, 0.1) is 12.2 Å². The fourth-order valence-corrected chi connectivity index (χ4v) is 3.28. The van der Waals surface area contributed by atoms with E-state index in [1.54, 1.807) is 21.3 Å². The molecule has 3 atom stereocenters. The molecule has 1 aromatic rings. The van der Waals surface area contributed by atoms with Crippen LogP contribution in [-0.4, -0.2) is 70.3 Å². The first-order valence-corrected chi connectivity index (χ1v) is 9.33. The van der Waals surface area contributed by atoms with Gasteiger partial charge >= 0.3 is 0 Å². The van der Waals surface area contributed by atoms with Crippen molar-refractivity contribution in [3.8, 4) is 5.75 Å². The van der Waals surface area contributed by atoms with E-state index < -0.39 is 0 Å². The third kappa shape index (κ3) is 5.19. The molecule has 0 saturated carbocycles. The van der Waals surface area contributed by atoms with Gasteiger partial charge in [-0.25, -0.2) is 0 Å². The number of benzene rings is 1. The maximum atomic E-state index is 6.18. The Morgan fingerprint density at radius 1 is 1.08 bits per heavy atom. The highest BCUT2D eigenvalue weighted by molar-refractivity contribution is 5.43. The molecule has 1 aromatic carbocycles. The fraction of sp³-hybridized carbons (Fsp3) is 0.714. The summed E-state index contributed by atoms with van der Waals surface area (Å²) in [7, 11) is 7.35. The fourth-order valence-electron chi connectivity index (χ4n) is 3.28. The molecule has 1 aliphatic carbocycles. The largest absolute Gasteiger partial charge is 0.491 e. The monoisotopic (exact) mass is 365 g/mol. The number of rotatable bonds is 8. The summed E-state index contributed by atoms with van der Waals surface area (Å²) < 4.78 is 23.1. The smallest absolute Gasteiger partial charge is 0.123 e. The first kappa shape index (κ1) is 21.2. The number of ether oxygens (including phenoxy) is 4. The van der Waals surface area contributed by atoms with Crippen molar-refractivity contribution >= 4 is 0 Å². The Balaban J connectivity index is 2.06. The first-order chi connectivity index (χ1) is 12.3. The van der Waals surface area contributed by atoms with Gasteiger partial charge in [-0.15, -0.1) is 0 Å². The predicted octanol–water partition coefficient (Wildman–Crippen LogP) is 2.94. The predicted molar refractivity (Wildman–Crippen MR) is 104 cm³/mol. The minimum atomic E-state index is 0.0172. The molecule has 0 aliphatic heterocycles. The van der Waals surface area contributed by atoms with Gasteiger partial charge in [-0.3, -0.25) is 4.90 Å². The number of methoxy groups -OCH3 is 3. The van der Waals surface area contributed by atoms with Crippen LogP contribution in [0, 0.1) is 0 Å². The van der Waals surface area contributed by atoms with Crippen LogP contribution < -0.4 is 4.74 Å². The number of hydrogen-bond donors (Lipinski definition) is 0.